The molecule has 3 rings (SSSR count). The van der Waals surface area contributed by atoms with E-state index in [9.17, 15) is 13.2 Å². The molecule has 0 heterocycles. The summed E-state index contributed by atoms with van der Waals surface area (Å²) >= 11 is 6.01. The number of halogens is 1. The number of hydrogen-bond donors (Lipinski definition) is 1. The van der Waals surface area contributed by atoms with Gasteiger partial charge in [-0.15, -0.1) is 0 Å². The molecule has 0 saturated carbocycles. The molecule has 0 bridgehead atoms. The lowest BCUT2D eigenvalue weighted by Gasteiger charge is -2.15. The Labute approximate surface area is 146 Å². The Hall–Kier alpha value is -1.85. The standard InChI is InChI=1S/C18H18ClNO3S/c1-11-9-14(24(2,22)23)5-7-15(11)18(21)20-17-8-3-12-10-13(19)4-6-16(12)17/h4-7,9-10,17H,3,8H2,1-2H3,(H,20,21)/t17-/m1/s1. The minimum absolute atomic E-state index is 0.0428. The predicted octanol–water partition coefficient (Wildman–Crippen LogP) is 3.47. The second kappa shape index (κ2) is 6.22. The van der Waals surface area contributed by atoms with Crippen LogP contribution in [0.4, 0.5) is 0 Å². The van der Waals surface area contributed by atoms with Gasteiger partial charge in [0.1, 0.15) is 0 Å². The van der Waals surface area contributed by atoms with Crippen LogP contribution in [0.15, 0.2) is 41.3 Å². The largest absolute Gasteiger partial charge is 0.345 e. The van der Waals surface area contributed by atoms with Crippen molar-refractivity contribution in [3.8, 4) is 0 Å². The quantitative estimate of drug-likeness (QED) is 0.908. The fourth-order valence-electron chi connectivity index (χ4n) is 3.09. The number of fused-ring (bicyclic) bond motifs is 1. The fourth-order valence-corrected chi connectivity index (χ4v) is 3.99. The number of hydrogen-bond acceptors (Lipinski definition) is 3. The molecule has 1 amide bonds. The van der Waals surface area contributed by atoms with Crippen LogP contribution in [0.2, 0.25) is 5.02 Å². The first kappa shape index (κ1) is 17.0. The Morgan fingerprint density at radius 1 is 1.21 bits per heavy atom. The summed E-state index contributed by atoms with van der Waals surface area (Å²) in [7, 11) is -3.28. The normalized spacial score (nSPS) is 16.7. The van der Waals surface area contributed by atoms with Crippen molar-refractivity contribution >= 4 is 27.3 Å². The molecule has 4 nitrogen and oxygen atoms in total. The van der Waals surface area contributed by atoms with Crippen LogP contribution >= 0.6 is 11.6 Å². The maximum atomic E-state index is 12.6. The van der Waals surface area contributed by atoms with Gasteiger partial charge in [-0.3, -0.25) is 4.79 Å². The van der Waals surface area contributed by atoms with Gasteiger partial charge in [0.25, 0.3) is 5.91 Å². The van der Waals surface area contributed by atoms with Crippen molar-refractivity contribution in [1.82, 2.24) is 5.32 Å². The highest BCUT2D eigenvalue weighted by Crippen LogP contribution is 2.33. The average molecular weight is 364 g/mol. The summed E-state index contributed by atoms with van der Waals surface area (Å²) in [6, 6.07) is 10.3. The first-order valence-corrected chi connectivity index (χ1v) is 9.92. The van der Waals surface area contributed by atoms with Gasteiger partial charge in [-0.25, -0.2) is 8.42 Å². The van der Waals surface area contributed by atoms with Crippen LogP contribution in [-0.2, 0) is 16.3 Å². The van der Waals surface area contributed by atoms with Crippen LogP contribution in [0.3, 0.4) is 0 Å². The van der Waals surface area contributed by atoms with Crippen molar-refractivity contribution in [3.63, 3.8) is 0 Å². The molecule has 0 unspecified atom stereocenters. The van der Waals surface area contributed by atoms with Crippen LogP contribution in [-0.4, -0.2) is 20.6 Å². The fraction of sp³-hybridized carbons (Fsp3) is 0.278. The maximum Gasteiger partial charge on any atom is 0.252 e. The van der Waals surface area contributed by atoms with Gasteiger partial charge >= 0.3 is 0 Å². The van der Waals surface area contributed by atoms with E-state index in [1.807, 2.05) is 18.2 Å². The van der Waals surface area contributed by atoms with Crippen LogP contribution < -0.4 is 5.32 Å². The molecule has 24 heavy (non-hydrogen) atoms. The van der Waals surface area contributed by atoms with Gasteiger partial charge in [0.2, 0.25) is 0 Å². The monoisotopic (exact) mass is 363 g/mol. The zero-order chi connectivity index (χ0) is 17.5. The molecule has 6 heteroatoms. The Morgan fingerprint density at radius 2 is 1.96 bits per heavy atom. The molecule has 1 atom stereocenters. The summed E-state index contributed by atoms with van der Waals surface area (Å²) in [5, 5.41) is 3.74. The van der Waals surface area contributed by atoms with Crippen LogP contribution in [0, 0.1) is 6.92 Å². The topological polar surface area (TPSA) is 63.2 Å². The van der Waals surface area contributed by atoms with Gasteiger partial charge < -0.3 is 5.32 Å². The van der Waals surface area contributed by atoms with Crippen LogP contribution in [0.1, 0.15) is 39.5 Å². The van der Waals surface area contributed by atoms with E-state index in [0.717, 1.165) is 30.2 Å². The Kier molecular flexibility index (Phi) is 4.40. The lowest BCUT2D eigenvalue weighted by molar-refractivity contribution is 0.0936. The number of benzene rings is 2. The lowest BCUT2D eigenvalue weighted by atomic mass is 10.1. The van der Waals surface area contributed by atoms with E-state index < -0.39 is 9.84 Å². The van der Waals surface area contributed by atoms with Gasteiger partial charge in [-0.2, -0.15) is 0 Å². The first-order chi connectivity index (χ1) is 11.3. The third-order valence-electron chi connectivity index (χ3n) is 4.36. The smallest absolute Gasteiger partial charge is 0.252 e. The predicted molar refractivity (Wildman–Crippen MR) is 94.3 cm³/mol. The number of amides is 1. The summed E-state index contributed by atoms with van der Waals surface area (Å²) in [6.45, 7) is 1.74. The molecule has 2 aromatic carbocycles. The summed E-state index contributed by atoms with van der Waals surface area (Å²) in [6.07, 6.45) is 2.87. The van der Waals surface area contributed by atoms with Crippen molar-refractivity contribution in [2.24, 2.45) is 0 Å². The number of rotatable bonds is 3. The van der Waals surface area contributed by atoms with E-state index in [1.54, 1.807) is 13.0 Å². The molecule has 1 aliphatic rings. The summed E-state index contributed by atoms with van der Waals surface area (Å²) in [5.74, 6) is -0.194. The van der Waals surface area contributed by atoms with Gasteiger partial charge in [0, 0.05) is 16.8 Å². The number of nitrogens with one attached hydrogen (secondary N) is 1. The highest BCUT2D eigenvalue weighted by molar-refractivity contribution is 7.90. The molecule has 126 valence electrons. The minimum Gasteiger partial charge on any atom is -0.345 e. The highest BCUT2D eigenvalue weighted by atomic mass is 35.5. The number of carbonyl (C=O) groups is 1. The first-order valence-electron chi connectivity index (χ1n) is 7.65. The Balaban J connectivity index is 1.82. The number of aryl methyl sites for hydroxylation is 2. The third-order valence-corrected chi connectivity index (χ3v) is 5.70. The Morgan fingerprint density at radius 3 is 2.62 bits per heavy atom. The van der Waals surface area contributed by atoms with Gasteiger partial charge in [-0.05, 0) is 66.8 Å². The van der Waals surface area contributed by atoms with E-state index >= 15 is 0 Å². The van der Waals surface area contributed by atoms with Gasteiger partial charge in [0.15, 0.2) is 9.84 Å². The number of sulfone groups is 1. The van der Waals surface area contributed by atoms with E-state index in [0.29, 0.717) is 16.1 Å². The molecule has 0 radical (unpaired) electrons. The van der Waals surface area contributed by atoms with Crippen LogP contribution in [0.5, 0.6) is 0 Å². The molecule has 2 aromatic rings. The molecular weight excluding hydrogens is 346 g/mol. The molecular formula is C18H18ClNO3S. The van der Waals surface area contributed by atoms with E-state index in [4.69, 9.17) is 11.6 Å². The number of carbonyl (C=O) groups excluding carboxylic acids is 1. The third kappa shape index (κ3) is 3.32. The van der Waals surface area contributed by atoms with E-state index in [1.165, 1.54) is 12.1 Å². The van der Waals surface area contributed by atoms with Gasteiger partial charge in [-0.1, -0.05) is 17.7 Å². The lowest BCUT2D eigenvalue weighted by Crippen LogP contribution is -2.27. The summed E-state index contributed by atoms with van der Waals surface area (Å²) in [5.41, 5.74) is 3.39. The molecule has 0 saturated heterocycles. The van der Waals surface area contributed by atoms with E-state index in [-0.39, 0.29) is 16.8 Å². The molecule has 1 N–H and O–H groups in total. The molecule has 0 aliphatic heterocycles. The summed E-state index contributed by atoms with van der Waals surface area (Å²) < 4.78 is 23.2. The molecule has 0 spiro atoms. The minimum atomic E-state index is -3.28. The average Bonchev–Trinajstić information content (AvgIpc) is 2.88. The van der Waals surface area contributed by atoms with Gasteiger partial charge in [0.05, 0.1) is 10.9 Å². The zero-order valence-corrected chi connectivity index (χ0v) is 15.0. The Bertz CT molecular complexity index is 922. The van der Waals surface area contributed by atoms with Crippen molar-refractivity contribution < 1.29 is 13.2 Å². The SMILES string of the molecule is Cc1cc(S(C)(=O)=O)ccc1C(=O)N[C@@H]1CCc2cc(Cl)ccc21. The molecule has 0 fully saturated rings. The second-order valence-electron chi connectivity index (χ2n) is 6.16. The zero-order valence-electron chi connectivity index (χ0n) is 13.5. The summed E-state index contributed by atoms with van der Waals surface area (Å²) in [4.78, 5) is 12.8. The highest BCUT2D eigenvalue weighted by Gasteiger charge is 2.25. The van der Waals surface area contributed by atoms with Crippen molar-refractivity contribution in [2.75, 3.05) is 6.26 Å². The molecule has 1 aliphatic carbocycles. The van der Waals surface area contributed by atoms with Crippen LogP contribution in [0.25, 0.3) is 0 Å². The van der Waals surface area contributed by atoms with Crippen molar-refractivity contribution in [3.05, 3.63) is 63.7 Å². The second-order valence-corrected chi connectivity index (χ2v) is 8.61. The van der Waals surface area contributed by atoms with E-state index in [2.05, 4.69) is 5.32 Å². The van der Waals surface area contributed by atoms with Crippen molar-refractivity contribution in [2.45, 2.75) is 30.7 Å². The van der Waals surface area contributed by atoms with Crippen molar-refractivity contribution in [1.29, 1.82) is 0 Å². The molecule has 0 aromatic heterocycles. The maximum absolute atomic E-state index is 12.6.